The van der Waals surface area contributed by atoms with E-state index in [0.717, 1.165) is 0 Å². The van der Waals surface area contributed by atoms with Crippen LogP contribution in [-0.4, -0.2) is 66.3 Å². The molecule has 0 spiro atoms. The van der Waals surface area contributed by atoms with E-state index < -0.39 is 0 Å². The molecule has 8 nitrogen and oxygen atoms in total. The first-order chi connectivity index (χ1) is 21.6. The van der Waals surface area contributed by atoms with Crippen LogP contribution in [0.1, 0.15) is 31.8 Å². The maximum Gasteiger partial charge on any atom is 0.242 e. The molecule has 12 heteroatoms. The van der Waals surface area contributed by atoms with E-state index in [-0.39, 0.29) is 67.6 Å². The molecule has 0 saturated carbocycles. The molecule has 0 atom stereocenters. The zero-order valence-corrected chi connectivity index (χ0v) is 26.6. The van der Waals surface area contributed by atoms with Crippen molar-refractivity contribution < 1.29 is 19.2 Å². The van der Waals surface area contributed by atoms with Crippen molar-refractivity contribution in [1.29, 1.82) is 0 Å². The summed E-state index contributed by atoms with van der Waals surface area (Å²) in [5.74, 6) is -1.12. The number of amides is 2. The summed E-state index contributed by atoms with van der Waals surface area (Å²) in [5, 5.41) is 1.29. The Labute approximate surface area is 279 Å². The number of anilines is 2. The second-order valence-electron chi connectivity index (χ2n) is 10.7. The first-order valence-corrected chi connectivity index (χ1v) is 15.3. The van der Waals surface area contributed by atoms with Gasteiger partial charge in [-0.05, 0) is 60.7 Å². The van der Waals surface area contributed by atoms with Crippen molar-refractivity contribution in [3.05, 3.63) is 127 Å². The molecule has 6 rings (SSSR count). The van der Waals surface area contributed by atoms with Gasteiger partial charge < -0.3 is 0 Å². The Hall–Kier alpha value is -3.76. The fraction of sp³-hybridized carbons (Fsp3) is 0.152. The fourth-order valence-electron chi connectivity index (χ4n) is 5.54. The zero-order chi connectivity index (χ0) is 31.8. The molecule has 0 radical (unpaired) electrons. The van der Waals surface area contributed by atoms with Crippen LogP contribution in [0, 0.1) is 0 Å². The van der Waals surface area contributed by atoms with Crippen LogP contribution in [-0.2, 0) is 9.59 Å². The summed E-state index contributed by atoms with van der Waals surface area (Å²) in [6.07, 6.45) is 0. The lowest BCUT2D eigenvalue weighted by atomic mass is 10.0. The van der Waals surface area contributed by atoms with Crippen molar-refractivity contribution in [1.82, 2.24) is 9.80 Å². The number of nitrogens with zero attached hydrogens (tertiary/aromatic N) is 4. The predicted octanol–water partition coefficient (Wildman–Crippen LogP) is 6.63. The van der Waals surface area contributed by atoms with Gasteiger partial charge in [0, 0.05) is 32.3 Å². The SMILES string of the molecule is O=C(c1ccccc1Cl)c1cc(Cl)ccc1N1CN(CN2CC(=O)N(c3ccc(Cl)cc3C(=O)c3ccccc3Cl)C2)CC1=O. The summed E-state index contributed by atoms with van der Waals surface area (Å²) in [4.78, 5) is 60.3. The van der Waals surface area contributed by atoms with Crippen molar-refractivity contribution in [3.8, 4) is 0 Å². The molecule has 228 valence electrons. The zero-order valence-electron chi connectivity index (χ0n) is 23.6. The van der Waals surface area contributed by atoms with Gasteiger partial charge in [0.25, 0.3) is 0 Å². The van der Waals surface area contributed by atoms with Crippen molar-refractivity contribution >= 4 is 81.2 Å². The van der Waals surface area contributed by atoms with Gasteiger partial charge in [0.15, 0.2) is 11.6 Å². The predicted molar refractivity (Wildman–Crippen MR) is 176 cm³/mol. The van der Waals surface area contributed by atoms with Crippen LogP contribution in [0.4, 0.5) is 11.4 Å². The smallest absolute Gasteiger partial charge is 0.242 e. The molecular formula is C33H24Cl4N4O4. The summed E-state index contributed by atoms with van der Waals surface area (Å²) in [5.41, 5.74) is 1.95. The highest BCUT2D eigenvalue weighted by Gasteiger charge is 2.36. The molecule has 2 amide bonds. The lowest BCUT2D eigenvalue weighted by molar-refractivity contribution is -0.117. The van der Waals surface area contributed by atoms with E-state index in [2.05, 4.69) is 0 Å². The molecule has 2 aliphatic heterocycles. The van der Waals surface area contributed by atoms with Gasteiger partial charge in [-0.3, -0.25) is 38.8 Å². The molecule has 2 fully saturated rings. The Morgan fingerprint density at radius 1 is 0.556 bits per heavy atom. The summed E-state index contributed by atoms with van der Waals surface area (Å²) in [7, 11) is 0. The standard InChI is InChI=1S/C33H24Cl4N4O4/c34-20-9-11-28(24(13-20)32(44)22-5-1-3-7-26(22)36)40-18-38(15-30(40)42)17-39-16-31(43)41(19-39)29-12-10-21(35)14-25(29)33(45)23-6-2-4-8-27(23)37/h1-14H,15-19H2. The number of halogens is 4. The van der Waals surface area contributed by atoms with Crippen LogP contribution in [0.15, 0.2) is 84.9 Å². The van der Waals surface area contributed by atoms with Gasteiger partial charge in [-0.1, -0.05) is 70.7 Å². The fourth-order valence-corrected chi connectivity index (χ4v) is 6.32. The molecule has 4 aromatic carbocycles. The third-order valence-electron chi connectivity index (χ3n) is 7.63. The molecule has 0 unspecified atom stereocenters. The quantitative estimate of drug-likeness (QED) is 0.194. The average molecular weight is 682 g/mol. The number of rotatable bonds is 8. The lowest BCUT2D eigenvalue weighted by Crippen LogP contribution is -2.37. The maximum absolute atomic E-state index is 13.5. The monoisotopic (exact) mass is 680 g/mol. The van der Waals surface area contributed by atoms with Crippen LogP contribution < -0.4 is 9.80 Å². The third-order valence-corrected chi connectivity index (χ3v) is 8.76. The normalized spacial score (nSPS) is 15.7. The maximum atomic E-state index is 13.5. The van der Waals surface area contributed by atoms with Crippen LogP contribution >= 0.6 is 46.4 Å². The minimum absolute atomic E-state index is 0.0736. The molecule has 2 saturated heterocycles. The van der Waals surface area contributed by atoms with Gasteiger partial charge in [-0.15, -0.1) is 0 Å². The van der Waals surface area contributed by atoms with Crippen LogP contribution in [0.2, 0.25) is 20.1 Å². The van der Waals surface area contributed by atoms with E-state index in [9.17, 15) is 19.2 Å². The van der Waals surface area contributed by atoms with E-state index >= 15 is 0 Å². The highest BCUT2D eigenvalue weighted by molar-refractivity contribution is 6.37. The van der Waals surface area contributed by atoms with Gasteiger partial charge in [0.2, 0.25) is 11.8 Å². The Morgan fingerprint density at radius 3 is 1.36 bits per heavy atom. The van der Waals surface area contributed by atoms with E-state index in [1.165, 1.54) is 21.9 Å². The van der Waals surface area contributed by atoms with E-state index in [0.29, 0.717) is 42.6 Å². The van der Waals surface area contributed by atoms with Gasteiger partial charge in [-0.25, -0.2) is 0 Å². The van der Waals surface area contributed by atoms with E-state index in [1.807, 2.05) is 9.80 Å². The van der Waals surface area contributed by atoms with E-state index in [1.54, 1.807) is 72.8 Å². The average Bonchev–Trinajstić information content (AvgIpc) is 3.57. The summed E-state index contributed by atoms with van der Waals surface area (Å²) in [6.45, 7) is 0.804. The van der Waals surface area contributed by atoms with Crippen molar-refractivity contribution in [2.45, 2.75) is 0 Å². The van der Waals surface area contributed by atoms with Gasteiger partial charge >= 0.3 is 0 Å². The minimum atomic E-state index is -0.352. The Balaban J connectivity index is 1.20. The third kappa shape index (κ3) is 6.35. The highest BCUT2D eigenvalue weighted by atomic mass is 35.5. The van der Waals surface area contributed by atoms with Gasteiger partial charge in [-0.2, -0.15) is 0 Å². The minimum Gasteiger partial charge on any atom is -0.297 e. The molecule has 2 heterocycles. The summed E-state index contributed by atoms with van der Waals surface area (Å²) in [6, 6.07) is 23.0. The van der Waals surface area contributed by atoms with Crippen LogP contribution in [0.25, 0.3) is 0 Å². The number of hydrogen-bond donors (Lipinski definition) is 0. The number of ketones is 2. The topological polar surface area (TPSA) is 81.2 Å². The molecule has 45 heavy (non-hydrogen) atoms. The lowest BCUT2D eigenvalue weighted by Gasteiger charge is -2.25. The Bertz CT molecular complexity index is 1730. The molecule has 0 aliphatic carbocycles. The van der Waals surface area contributed by atoms with E-state index in [4.69, 9.17) is 46.4 Å². The van der Waals surface area contributed by atoms with Crippen molar-refractivity contribution in [3.63, 3.8) is 0 Å². The largest absolute Gasteiger partial charge is 0.297 e. The molecule has 0 aromatic heterocycles. The second-order valence-corrected chi connectivity index (χ2v) is 12.4. The summed E-state index contributed by atoms with van der Waals surface area (Å²) >= 11 is 25.1. The van der Waals surface area contributed by atoms with Gasteiger partial charge in [0.05, 0.1) is 54.5 Å². The molecule has 0 N–H and O–H groups in total. The van der Waals surface area contributed by atoms with Gasteiger partial charge in [0.1, 0.15) is 0 Å². The Morgan fingerprint density at radius 2 is 0.956 bits per heavy atom. The van der Waals surface area contributed by atoms with Crippen LogP contribution in [0.3, 0.4) is 0 Å². The molecule has 2 aliphatic rings. The molecule has 0 bridgehead atoms. The number of benzene rings is 4. The second kappa shape index (κ2) is 12.9. The van der Waals surface area contributed by atoms with Crippen molar-refractivity contribution in [2.75, 3.05) is 42.9 Å². The number of carbonyl (C=O) groups is 4. The first-order valence-electron chi connectivity index (χ1n) is 13.8. The highest BCUT2D eigenvalue weighted by Crippen LogP contribution is 2.33. The molecular weight excluding hydrogens is 658 g/mol. The Kier molecular flexibility index (Phi) is 8.97. The van der Waals surface area contributed by atoms with Crippen LogP contribution in [0.5, 0.6) is 0 Å². The molecule has 4 aromatic rings. The number of carbonyl (C=O) groups excluding carboxylic acids is 4. The van der Waals surface area contributed by atoms with Crippen molar-refractivity contribution in [2.24, 2.45) is 0 Å². The summed E-state index contributed by atoms with van der Waals surface area (Å²) < 4.78 is 0. The first kappa shape index (κ1) is 31.2. The number of hydrogen-bond acceptors (Lipinski definition) is 6.